The summed E-state index contributed by atoms with van der Waals surface area (Å²) in [5.74, 6) is -2.69. The van der Waals surface area contributed by atoms with Gasteiger partial charge in [-0.25, -0.2) is 4.39 Å². The number of rotatable bonds is 7. The van der Waals surface area contributed by atoms with Crippen molar-refractivity contribution < 1.29 is 23.0 Å². The van der Waals surface area contributed by atoms with Crippen LogP contribution in [0.25, 0.3) is 0 Å². The minimum Gasteiger partial charge on any atom is -0.488 e. The lowest BCUT2D eigenvalue weighted by Gasteiger charge is -2.17. The monoisotopic (exact) mass is 285 g/mol. The van der Waals surface area contributed by atoms with Crippen molar-refractivity contribution in [2.45, 2.75) is 31.8 Å². The Morgan fingerprint density at radius 1 is 1.45 bits per heavy atom. The second kappa shape index (κ2) is 6.65. The smallest absolute Gasteiger partial charge is 0.326 e. The fourth-order valence-electron chi connectivity index (χ4n) is 1.73. The Morgan fingerprint density at radius 2 is 2.20 bits per heavy atom. The molecule has 2 rings (SSSR count). The van der Waals surface area contributed by atoms with Gasteiger partial charge in [-0.05, 0) is 31.9 Å². The molecule has 0 saturated heterocycles. The zero-order valence-corrected chi connectivity index (χ0v) is 11.2. The van der Waals surface area contributed by atoms with E-state index in [9.17, 15) is 13.6 Å². The Labute approximate surface area is 116 Å². The molecule has 0 aliphatic heterocycles. The molecule has 0 bridgehead atoms. The Bertz CT molecular complexity index is 477. The third-order valence-corrected chi connectivity index (χ3v) is 2.91. The average molecular weight is 285 g/mol. The van der Waals surface area contributed by atoms with Crippen molar-refractivity contribution in [1.29, 1.82) is 0 Å². The van der Waals surface area contributed by atoms with Gasteiger partial charge in [0.25, 0.3) is 0 Å². The van der Waals surface area contributed by atoms with Gasteiger partial charge in [0.15, 0.2) is 11.6 Å². The van der Waals surface area contributed by atoms with E-state index in [0.717, 1.165) is 18.9 Å². The molecular weight excluding hydrogens is 268 g/mol. The lowest BCUT2D eigenvalue weighted by Crippen LogP contribution is -2.43. The highest BCUT2D eigenvalue weighted by Gasteiger charge is 2.30. The summed E-state index contributed by atoms with van der Waals surface area (Å²) >= 11 is 0. The highest BCUT2D eigenvalue weighted by atomic mass is 19.2. The van der Waals surface area contributed by atoms with Crippen molar-refractivity contribution >= 4 is 5.97 Å². The van der Waals surface area contributed by atoms with Crippen molar-refractivity contribution in [1.82, 2.24) is 5.32 Å². The van der Waals surface area contributed by atoms with E-state index in [0.29, 0.717) is 0 Å². The molecule has 110 valence electrons. The van der Waals surface area contributed by atoms with E-state index in [2.05, 4.69) is 5.32 Å². The SMILES string of the molecule is CCOC(=O)C(COc1cccc(F)c1F)NC1CC1. The number of nitrogens with one attached hydrogen (secondary N) is 1. The van der Waals surface area contributed by atoms with Crippen LogP contribution in [0.3, 0.4) is 0 Å². The van der Waals surface area contributed by atoms with E-state index in [4.69, 9.17) is 9.47 Å². The summed E-state index contributed by atoms with van der Waals surface area (Å²) in [5, 5.41) is 3.06. The molecule has 0 spiro atoms. The lowest BCUT2D eigenvalue weighted by atomic mass is 10.3. The van der Waals surface area contributed by atoms with Crippen LogP contribution in [-0.2, 0) is 9.53 Å². The van der Waals surface area contributed by atoms with Crippen LogP contribution in [0, 0.1) is 11.6 Å². The molecule has 1 fully saturated rings. The highest BCUT2D eigenvalue weighted by Crippen LogP contribution is 2.21. The Hall–Kier alpha value is -1.69. The number of carbonyl (C=O) groups is 1. The minimum atomic E-state index is -1.05. The van der Waals surface area contributed by atoms with Crippen molar-refractivity contribution in [3.05, 3.63) is 29.8 Å². The Kier molecular flexibility index (Phi) is 4.89. The summed E-state index contributed by atoms with van der Waals surface area (Å²) in [6.45, 7) is 1.87. The molecule has 1 saturated carbocycles. The Morgan fingerprint density at radius 3 is 2.85 bits per heavy atom. The van der Waals surface area contributed by atoms with Gasteiger partial charge >= 0.3 is 5.97 Å². The molecule has 1 aliphatic rings. The molecule has 1 aromatic rings. The molecule has 0 aromatic heterocycles. The molecule has 20 heavy (non-hydrogen) atoms. The summed E-state index contributed by atoms with van der Waals surface area (Å²) in [5.41, 5.74) is 0. The van der Waals surface area contributed by atoms with Gasteiger partial charge in [0.05, 0.1) is 6.61 Å². The summed E-state index contributed by atoms with van der Waals surface area (Å²) < 4.78 is 36.6. The predicted octanol–water partition coefficient (Wildman–Crippen LogP) is 2.03. The van der Waals surface area contributed by atoms with Crippen molar-refractivity contribution in [2.24, 2.45) is 0 Å². The molecule has 1 atom stereocenters. The molecule has 1 unspecified atom stereocenters. The molecule has 4 nitrogen and oxygen atoms in total. The maximum Gasteiger partial charge on any atom is 0.326 e. The van der Waals surface area contributed by atoms with Crippen LogP contribution < -0.4 is 10.1 Å². The van der Waals surface area contributed by atoms with Crippen LogP contribution in [0.5, 0.6) is 5.75 Å². The molecule has 0 amide bonds. The first kappa shape index (κ1) is 14.7. The maximum absolute atomic E-state index is 13.4. The van der Waals surface area contributed by atoms with Gasteiger partial charge in [0.1, 0.15) is 12.6 Å². The van der Waals surface area contributed by atoms with Gasteiger partial charge in [-0.15, -0.1) is 0 Å². The third kappa shape index (κ3) is 3.90. The third-order valence-electron chi connectivity index (χ3n) is 2.91. The largest absolute Gasteiger partial charge is 0.488 e. The molecule has 1 aromatic carbocycles. The van der Waals surface area contributed by atoms with Crippen LogP contribution in [-0.4, -0.2) is 31.3 Å². The average Bonchev–Trinajstić information content (AvgIpc) is 3.23. The normalized spacial score (nSPS) is 15.8. The van der Waals surface area contributed by atoms with E-state index in [1.807, 2.05) is 0 Å². The number of halogens is 2. The molecule has 1 N–H and O–H groups in total. The number of esters is 1. The van der Waals surface area contributed by atoms with Crippen molar-refractivity contribution in [3.63, 3.8) is 0 Å². The first-order valence-electron chi connectivity index (χ1n) is 6.61. The van der Waals surface area contributed by atoms with Gasteiger partial charge in [-0.1, -0.05) is 6.07 Å². The van der Waals surface area contributed by atoms with Gasteiger partial charge in [0.2, 0.25) is 5.82 Å². The first-order chi connectivity index (χ1) is 9.61. The highest BCUT2D eigenvalue weighted by molar-refractivity contribution is 5.76. The van der Waals surface area contributed by atoms with E-state index in [-0.39, 0.29) is 25.0 Å². The van der Waals surface area contributed by atoms with Gasteiger partial charge in [0, 0.05) is 6.04 Å². The summed E-state index contributed by atoms with van der Waals surface area (Å²) in [6.07, 6.45) is 1.98. The van der Waals surface area contributed by atoms with E-state index in [1.54, 1.807) is 6.92 Å². The van der Waals surface area contributed by atoms with Gasteiger partial charge in [-0.2, -0.15) is 4.39 Å². The molecule has 6 heteroatoms. The van der Waals surface area contributed by atoms with Gasteiger partial charge in [-0.3, -0.25) is 10.1 Å². The number of carbonyl (C=O) groups excluding carboxylic acids is 1. The second-order valence-corrected chi connectivity index (χ2v) is 4.61. The van der Waals surface area contributed by atoms with Crippen LogP contribution >= 0.6 is 0 Å². The van der Waals surface area contributed by atoms with Crippen molar-refractivity contribution in [3.8, 4) is 5.75 Å². The molecule has 0 heterocycles. The zero-order valence-electron chi connectivity index (χ0n) is 11.2. The first-order valence-corrected chi connectivity index (χ1v) is 6.61. The molecular formula is C14H17F2NO3. The van der Waals surface area contributed by atoms with Crippen LogP contribution in [0.2, 0.25) is 0 Å². The minimum absolute atomic E-state index is 0.101. The maximum atomic E-state index is 13.4. The topological polar surface area (TPSA) is 47.6 Å². The summed E-state index contributed by atoms with van der Waals surface area (Å²) in [4.78, 5) is 11.7. The van der Waals surface area contributed by atoms with Crippen LogP contribution in [0.1, 0.15) is 19.8 Å². The predicted molar refractivity (Wildman–Crippen MR) is 68.4 cm³/mol. The zero-order chi connectivity index (χ0) is 14.5. The number of ether oxygens (including phenoxy) is 2. The number of hydrogen-bond acceptors (Lipinski definition) is 4. The number of hydrogen-bond donors (Lipinski definition) is 1. The standard InChI is InChI=1S/C14H17F2NO3/c1-2-19-14(18)11(17-9-6-7-9)8-20-12-5-3-4-10(15)13(12)16/h3-5,9,11,17H,2,6-8H2,1H3. The van der Waals surface area contributed by atoms with E-state index >= 15 is 0 Å². The fourth-order valence-corrected chi connectivity index (χ4v) is 1.73. The Balaban J connectivity index is 1.96. The van der Waals surface area contributed by atoms with Gasteiger partial charge < -0.3 is 9.47 Å². The molecule has 1 aliphatic carbocycles. The summed E-state index contributed by atoms with van der Waals surface area (Å²) in [7, 11) is 0. The number of benzene rings is 1. The molecule has 0 radical (unpaired) electrons. The van der Waals surface area contributed by atoms with Crippen LogP contribution in [0.4, 0.5) is 8.78 Å². The lowest BCUT2D eigenvalue weighted by molar-refractivity contribution is -0.146. The van der Waals surface area contributed by atoms with E-state index in [1.165, 1.54) is 12.1 Å². The second-order valence-electron chi connectivity index (χ2n) is 4.61. The van der Waals surface area contributed by atoms with Crippen molar-refractivity contribution in [2.75, 3.05) is 13.2 Å². The summed E-state index contributed by atoms with van der Waals surface area (Å²) in [6, 6.07) is 3.27. The van der Waals surface area contributed by atoms with E-state index < -0.39 is 23.6 Å². The quantitative estimate of drug-likeness (QED) is 0.779. The van der Waals surface area contributed by atoms with Crippen LogP contribution in [0.15, 0.2) is 18.2 Å². The fraction of sp³-hybridized carbons (Fsp3) is 0.500.